The zero-order valence-corrected chi connectivity index (χ0v) is 11.4. The topological polar surface area (TPSA) is 68.1 Å². The van der Waals surface area contributed by atoms with Crippen molar-refractivity contribution in [3.63, 3.8) is 0 Å². The van der Waals surface area contributed by atoms with E-state index in [1.807, 2.05) is 13.0 Å². The Morgan fingerprint density at radius 3 is 2.90 bits per heavy atom. The number of benzene rings is 1. The van der Waals surface area contributed by atoms with Gasteiger partial charge < -0.3 is 5.32 Å². The van der Waals surface area contributed by atoms with Gasteiger partial charge in [-0.15, -0.1) is 0 Å². The lowest BCUT2D eigenvalue weighted by Crippen LogP contribution is -2.04. The summed E-state index contributed by atoms with van der Waals surface area (Å²) in [6, 6.07) is 6.77. The summed E-state index contributed by atoms with van der Waals surface area (Å²) in [5.74, 6) is 0.867. The Morgan fingerprint density at radius 2 is 2.20 bits per heavy atom. The Bertz CT molecular complexity index is 665. The number of non-ortho nitro benzene ring substituents is 1. The van der Waals surface area contributed by atoms with E-state index in [-0.39, 0.29) is 10.6 Å². The quantitative estimate of drug-likeness (QED) is 0.665. The highest BCUT2D eigenvalue weighted by atomic mass is 16.6. The first-order valence-corrected chi connectivity index (χ1v) is 6.93. The van der Waals surface area contributed by atoms with E-state index < -0.39 is 0 Å². The summed E-state index contributed by atoms with van der Waals surface area (Å²) in [5.41, 5.74) is 2.76. The molecule has 1 fully saturated rings. The molecule has 3 rings (SSSR count). The largest absolute Gasteiger partial charge is 0.384 e. The van der Waals surface area contributed by atoms with Gasteiger partial charge >= 0.3 is 0 Å². The lowest BCUT2D eigenvalue weighted by Gasteiger charge is -2.10. The first-order chi connectivity index (χ1) is 9.63. The minimum atomic E-state index is -0.368. The Morgan fingerprint density at radius 1 is 1.40 bits per heavy atom. The normalized spacial score (nSPS) is 14.4. The van der Waals surface area contributed by atoms with Gasteiger partial charge in [0.15, 0.2) is 0 Å². The zero-order chi connectivity index (χ0) is 14.1. The molecule has 5 nitrogen and oxygen atoms in total. The van der Waals surface area contributed by atoms with Crippen LogP contribution in [-0.2, 0) is 0 Å². The van der Waals surface area contributed by atoms with Crippen molar-refractivity contribution in [2.24, 2.45) is 5.92 Å². The van der Waals surface area contributed by atoms with E-state index in [0.717, 1.165) is 41.2 Å². The van der Waals surface area contributed by atoms with Crippen LogP contribution in [0.2, 0.25) is 0 Å². The van der Waals surface area contributed by atoms with Crippen molar-refractivity contribution in [2.75, 3.05) is 11.9 Å². The van der Waals surface area contributed by atoms with Gasteiger partial charge in [-0.2, -0.15) is 0 Å². The molecule has 20 heavy (non-hydrogen) atoms. The van der Waals surface area contributed by atoms with E-state index in [2.05, 4.69) is 10.3 Å². The zero-order valence-electron chi connectivity index (χ0n) is 11.4. The van der Waals surface area contributed by atoms with Gasteiger partial charge in [0, 0.05) is 35.4 Å². The molecular formula is C15H17N3O2. The third-order valence-electron chi connectivity index (χ3n) is 3.70. The van der Waals surface area contributed by atoms with Crippen LogP contribution >= 0.6 is 0 Å². The number of anilines is 1. The number of aryl methyl sites for hydroxylation is 1. The van der Waals surface area contributed by atoms with Gasteiger partial charge in [-0.25, -0.2) is 0 Å². The molecule has 0 atom stereocenters. The number of fused-ring (bicyclic) bond motifs is 1. The molecule has 5 heteroatoms. The molecule has 1 saturated carbocycles. The van der Waals surface area contributed by atoms with Crippen LogP contribution in [0.15, 0.2) is 24.3 Å². The van der Waals surface area contributed by atoms with Crippen LogP contribution in [-0.4, -0.2) is 16.5 Å². The van der Waals surface area contributed by atoms with Crippen molar-refractivity contribution in [3.8, 4) is 0 Å². The molecule has 1 aromatic carbocycles. The first-order valence-electron chi connectivity index (χ1n) is 6.93. The van der Waals surface area contributed by atoms with Gasteiger partial charge in [0.1, 0.15) is 0 Å². The molecule has 1 N–H and O–H groups in total. The number of hydrogen-bond acceptors (Lipinski definition) is 4. The molecule has 0 amide bonds. The second-order valence-corrected chi connectivity index (χ2v) is 5.43. The molecule has 1 aromatic heterocycles. The summed E-state index contributed by atoms with van der Waals surface area (Å²) in [7, 11) is 0. The summed E-state index contributed by atoms with van der Waals surface area (Å²) in [5, 5.41) is 15.1. The predicted octanol–water partition coefficient (Wildman–Crippen LogP) is 3.66. The third-order valence-corrected chi connectivity index (χ3v) is 3.70. The molecule has 1 aliphatic rings. The Labute approximate surface area is 117 Å². The van der Waals surface area contributed by atoms with Crippen LogP contribution in [0.4, 0.5) is 11.4 Å². The van der Waals surface area contributed by atoms with Crippen molar-refractivity contribution >= 4 is 22.3 Å². The van der Waals surface area contributed by atoms with Crippen LogP contribution < -0.4 is 5.32 Å². The highest BCUT2D eigenvalue weighted by Crippen LogP contribution is 2.33. The van der Waals surface area contributed by atoms with Crippen molar-refractivity contribution in [2.45, 2.75) is 26.2 Å². The number of pyridine rings is 1. The molecule has 2 aromatic rings. The fourth-order valence-corrected chi connectivity index (χ4v) is 2.42. The molecule has 104 valence electrons. The van der Waals surface area contributed by atoms with Crippen LogP contribution in [0.1, 0.15) is 25.0 Å². The summed E-state index contributed by atoms with van der Waals surface area (Å²) in [6.45, 7) is 2.85. The molecule has 0 saturated heterocycles. The molecule has 0 bridgehead atoms. The van der Waals surface area contributed by atoms with Crippen LogP contribution in [0.5, 0.6) is 0 Å². The van der Waals surface area contributed by atoms with Gasteiger partial charge in [0.2, 0.25) is 0 Å². The number of nitro groups is 1. The highest BCUT2D eigenvalue weighted by Gasteiger charge is 2.20. The second kappa shape index (κ2) is 5.07. The maximum absolute atomic E-state index is 10.9. The molecule has 0 unspecified atom stereocenters. The highest BCUT2D eigenvalue weighted by molar-refractivity contribution is 5.93. The van der Waals surface area contributed by atoms with Crippen LogP contribution in [0.3, 0.4) is 0 Å². The fourth-order valence-electron chi connectivity index (χ4n) is 2.42. The third kappa shape index (κ3) is 2.71. The first kappa shape index (κ1) is 12.8. The smallest absolute Gasteiger partial charge is 0.270 e. The van der Waals surface area contributed by atoms with Gasteiger partial charge in [-0.3, -0.25) is 15.1 Å². The number of hydrogen-bond donors (Lipinski definition) is 1. The van der Waals surface area contributed by atoms with Crippen LogP contribution in [0, 0.1) is 23.0 Å². The monoisotopic (exact) mass is 271 g/mol. The van der Waals surface area contributed by atoms with E-state index in [4.69, 9.17) is 0 Å². The molecular weight excluding hydrogens is 254 g/mol. The maximum Gasteiger partial charge on any atom is 0.270 e. The number of nitro benzene ring substituents is 1. The predicted molar refractivity (Wildman–Crippen MR) is 79.0 cm³/mol. The summed E-state index contributed by atoms with van der Waals surface area (Å²) in [4.78, 5) is 15.0. The molecule has 1 aliphatic carbocycles. The van der Waals surface area contributed by atoms with Gasteiger partial charge in [-0.1, -0.05) is 12.8 Å². The average molecular weight is 271 g/mol. The van der Waals surface area contributed by atoms with E-state index in [1.165, 1.54) is 18.9 Å². The van der Waals surface area contributed by atoms with E-state index in [0.29, 0.717) is 0 Å². The van der Waals surface area contributed by atoms with Gasteiger partial charge in [0.05, 0.1) is 10.4 Å². The SMILES string of the molecule is Cc1cc(NCCC2CC2)c2cc([N+](=O)[O-])ccc2n1. The van der Waals surface area contributed by atoms with Gasteiger partial charge in [-0.05, 0) is 31.4 Å². The number of nitrogens with one attached hydrogen (secondary N) is 1. The number of rotatable bonds is 5. The molecule has 0 radical (unpaired) electrons. The number of nitrogens with zero attached hydrogens (tertiary/aromatic N) is 2. The number of aromatic nitrogens is 1. The lowest BCUT2D eigenvalue weighted by molar-refractivity contribution is -0.384. The Kier molecular flexibility index (Phi) is 3.26. The van der Waals surface area contributed by atoms with Crippen LogP contribution in [0.25, 0.3) is 10.9 Å². The van der Waals surface area contributed by atoms with E-state index in [9.17, 15) is 10.1 Å². The summed E-state index contributed by atoms with van der Waals surface area (Å²) < 4.78 is 0. The van der Waals surface area contributed by atoms with Crippen molar-refractivity contribution < 1.29 is 4.92 Å². The van der Waals surface area contributed by atoms with Gasteiger partial charge in [0.25, 0.3) is 5.69 Å². The average Bonchev–Trinajstić information content (AvgIpc) is 3.22. The summed E-state index contributed by atoms with van der Waals surface area (Å²) in [6.07, 6.45) is 3.84. The van der Waals surface area contributed by atoms with E-state index >= 15 is 0 Å². The molecule has 1 heterocycles. The maximum atomic E-state index is 10.9. The van der Waals surface area contributed by atoms with Crippen molar-refractivity contribution in [3.05, 3.63) is 40.1 Å². The Balaban J connectivity index is 1.93. The van der Waals surface area contributed by atoms with Crippen molar-refractivity contribution in [1.82, 2.24) is 4.98 Å². The van der Waals surface area contributed by atoms with Crippen molar-refractivity contribution in [1.29, 1.82) is 0 Å². The second-order valence-electron chi connectivity index (χ2n) is 5.43. The fraction of sp³-hybridized carbons (Fsp3) is 0.400. The van der Waals surface area contributed by atoms with E-state index in [1.54, 1.807) is 12.1 Å². The lowest BCUT2D eigenvalue weighted by atomic mass is 10.1. The summed E-state index contributed by atoms with van der Waals surface area (Å²) >= 11 is 0. The Hall–Kier alpha value is -2.17. The molecule has 0 spiro atoms. The standard InChI is InChI=1S/C15H17N3O2/c1-10-8-15(16-7-6-11-2-3-11)13-9-12(18(19)20)4-5-14(13)17-10/h4-5,8-9,11H,2-3,6-7H2,1H3,(H,16,17). The minimum absolute atomic E-state index is 0.105. The minimum Gasteiger partial charge on any atom is -0.384 e. The molecule has 0 aliphatic heterocycles.